The van der Waals surface area contributed by atoms with E-state index in [0.717, 1.165) is 30.5 Å². The molecule has 0 aromatic heterocycles. The summed E-state index contributed by atoms with van der Waals surface area (Å²) in [4.78, 5) is 17.2. The number of benzene rings is 1. The number of morpholine rings is 1. The van der Waals surface area contributed by atoms with E-state index in [4.69, 9.17) is 4.74 Å². The predicted octanol–water partition coefficient (Wildman–Crippen LogP) is 1.65. The molecule has 0 aliphatic carbocycles. The van der Waals surface area contributed by atoms with Gasteiger partial charge in [0.1, 0.15) is 0 Å². The second-order valence-electron chi connectivity index (χ2n) is 7.67. The Morgan fingerprint density at radius 3 is 2.67 bits per heavy atom. The smallest absolute Gasteiger partial charge is 0.227 e. The number of amides is 1. The molecule has 3 rings (SSSR count). The van der Waals surface area contributed by atoms with Crippen molar-refractivity contribution in [2.24, 2.45) is 5.92 Å². The minimum absolute atomic E-state index is 0.0275. The van der Waals surface area contributed by atoms with Crippen LogP contribution in [0.3, 0.4) is 0 Å². The molecule has 1 atom stereocenters. The summed E-state index contributed by atoms with van der Waals surface area (Å²) < 4.78 is 30.9. The first-order valence-corrected chi connectivity index (χ1v) is 11.4. The van der Waals surface area contributed by atoms with Gasteiger partial charge in [0.25, 0.3) is 0 Å². The van der Waals surface area contributed by atoms with Gasteiger partial charge in [-0.1, -0.05) is 12.1 Å². The zero-order valence-electron chi connectivity index (χ0n) is 16.3. The van der Waals surface area contributed by atoms with Crippen molar-refractivity contribution in [2.75, 3.05) is 51.7 Å². The van der Waals surface area contributed by atoms with E-state index in [1.165, 1.54) is 0 Å². The Hall–Kier alpha value is -1.44. The van der Waals surface area contributed by atoms with Crippen LogP contribution >= 0.6 is 0 Å². The topological polar surface area (TPSA) is 66.9 Å². The first-order chi connectivity index (χ1) is 12.9. The van der Waals surface area contributed by atoms with E-state index in [-0.39, 0.29) is 17.6 Å². The lowest BCUT2D eigenvalue weighted by molar-refractivity contribution is -0.141. The van der Waals surface area contributed by atoms with Crippen molar-refractivity contribution in [2.45, 2.75) is 31.6 Å². The van der Waals surface area contributed by atoms with Crippen LogP contribution in [0, 0.1) is 19.8 Å². The van der Waals surface area contributed by atoms with E-state index in [1.807, 2.05) is 30.9 Å². The van der Waals surface area contributed by atoms with Crippen LogP contribution < -0.4 is 0 Å². The van der Waals surface area contributed by atoms with E-state index in [2.05, 4.69) is 4.90 Å². The molecule has 0 radical (unpaired) electrons. The molecular formula is C20H30N2O4S. The second-order valence-corrected chi connectivity index (χ2v) is 9.74. The van der Waals surface area contributed by atoms with Crippen molar-refractivity contribution in [3.63, 3.8) is 0 Å². The molecule has 7 heteroatoms. The Bertz CT molecular complexity index is 772. The first kappa shape index (κ1) is 20.3. The molecule has 2 heterocycles. The van der Waals surface area contributed by atoms with E-state index in [9.17, 15) is 13.2 Å². The zero-order chi connectivity index (χ0) is 19.4. The van der Waals surface area contributed by atoms with Crippen molar-refractivity contribution in [3.05, 3.63) is 29.3 Å². The Balaban J connectivity index is 1.59. The fourth-order valence-electron chi connectivity index (χ4n) is 3.90. The third-order valence-electron chi connectivity index (χ3n) is 5.53. The molecule has 1 aromatic carbocycles. The number of hydrogen-bond donors (Lipinski definition) is 0. The number of ether oxygens (including phenoxy) is 1. The van der Waals surface area contributed by atoms with Gasteiger partial charge in [-0.3, -0.25) is 4.79 Å². The Morgan fingerprint density at radius 1 is 1.19 bits per heavy atom. The van der Waals surface area contributed by atoms with Gasteiger partial charge in [-0.25, -0.2) is 8.42 Å². The molecule has 2 saturated heterocycles. The molecule has 1 unspecified atom stereocenters. The summed E-state index contributed by atoms with van der Waals surface area (Å²) in [5, 5.41) is 0. The largest absolute Gasteiger partial charge is 0.378 e. The minimum Gasteiger partial charge on any atom is -0.378 e. The maximum atomic E-state index is 12.8. The van der Waals surface area contributed by atoms with Crippen LogP contribution in [0.15, 0.2) is 23.1 Å². The van der Waals surface area contributed by atoms with Gasteiger partial charge in [0.2, 0.25) is 5.91 Å². The summed E-state index contributed by atoms with van der Waals surface area (Å²) in [7, 11) is -3.32. The molecular weight excluding hydrogens is 364 g/mol. The van der Waals surface area contributed by atoms with Crippen LogP contribution in [-0.4, -0.2) is 75.8 Å². The summed E-state index contributed by atoms with van der Waals surface area (Å²) in [5.41, 5.74) is 1.74. The van der Waals surface area contributed by atoms with E-state index in [0.29, 0.717) is 44.3 Å². The van der Waals surface area contributed by atoms with Crippen molar-refractivity contribution in [3.8, 4) is 0 Å². The van der Waals surface area contributed by atoms with Crippen LogP contribution in [0.1, 0.15) is 24.0 Å². The maximum Gasteiger partial charge on any atom is 0.227 e. The SMILES string of the molecule is Cc1ccc(C)c(S(=O)(=O)CCN2CCCC(C(=O)N3CCOCC3)C2)c1. The third kappa shape index (κ3) is 5.09. The van der Waals surface area contributed by atoms with Gasteiger partial charge in [0, 0.05) is 26.2 Å². The lowest BCUT2D eigenvalue weighted by Gasteiger charge is -2.36. The monoisotopic (exact) mass is 394 g/mol. The summed E-state index contributed by atoms with van der Waals surface area (Å²) >= 11 is 0. The summed E-state index contributed by atoms with van der Waals surface area (Å²) in [6.07, 6.45) is 1.82. The summed E-state index contributed by atoms with van der Waals surface area (Å²) in [6, 6.07) is 5.55. The molecule has 2 aliphatic rings. The van der Waals surface area contributed by atoms with Crippen LogP contribution in [0.2, 0.25) is 0 Å². The number of sulfone groups is 1. The van der Waals surface area contributed by atoms with Crippen molar-refractivity contribution < 1.29 is 17.9 Å². The highest BCUT2D eigenvalue weighted by atomic mass is 32.2. The van der Waals surface area contributed by atoms with Gasteiger partial charge in [-0.2, -0.15) is 0 Å². The number of likely N-dealkylation sites (tertiary alicyclic amines) is 1. The van der Waals surface area contributed by atoms with Crippen LogP contribution in [0.4, 0.5) is 0 Å². The number of rotatable bonds is 5. The number of piperidine rings is 1. The van der Waals surface area contributed by atoms with E-state index < -0.39 is 9.84 Å². The number of nitrogens with zero attached hydrogens (tertiary/aromatic N) is 2. The van der Waals surface area contributed by atoms with E-state index in [1.54, 1.807) is 6.07 Å². The fourth-order valence-corrected chi connectivity index (χ4v) is 5.55. The Morgan fingerprint density at radius 2 is 1.93 bits per heavy atom. The molecule has 27 heavy (non-hydrogen) atoms. The van der Waals surface area contributed by atoms with Crippen LogP contribution in [0.25, 0.3) is 0 Å². The molecule has 6 nitrogen and oxygen atoms in total. The molecule has 150 valence electrons. The van der Waals surface area contributed by atoms with Gasteiger partial charge in [0.15, 0.2) is 9.84 Å². The van der Waals surface area contributed by atoms with Gasteiger partial charge < -0.3 is 14.5 Å². The molecule has 2 fully saturated rings. The predicted molar refractivity (Wildman–Crippen MR) is 105 cm³/mol. The fraction of sp³-hybridized carbons (Fsp3) is 0.650. The minimum atomic E-state index is -3.32. The van der Waals surface area contributed by atoms with Crippen molar-refractivity contribution in [1.29, 1.82) is 0 Å². The highest BCUT2D eigenvalue weighted by Crippen LogP contribution is 2.22. The number of carbonyl (C=O) groups excluding carboxylic acids is 1. The van der Waals surface area contributed by atoms with Crippen molar-refractivity contribution in [1.82, 2.24) is 9.80 Å². The molecule has 0 spiro atoms. The average Bonchev–Trinajstić information content (AvgIpc) is 2.68. The lowest BCUT2D eigenvalue weighted by Crippen LogP contribution is -2.49. The van der Waals surface area contributed by atoms with E-state index >= 15 is 0 Å². The Labute approximate surface area is 162 Å². The Kier molecular flexibility index (Phi) is 6.55. The van der Waals surface area contributed by atoms with Crippen LogP contribution in [-0.2, 0) is 19.4 Å². The maximum absolute atomic E-state index is 12.8. The van der Waals surface area contributed by atoms with Gasteiger partial charge >= 0.3 is 0 Å². The van der Waals surface area contributed by atoms with Gasteiger partial charge in [-0.05, 0) is 50.4 Å². The zero-order valence-corrected chi connectivity index (χ0v) is 17.1. The molecule has 1 amide bonds. The summed E-state index contributed by atoms with van der Waals surface area (Å²) in [5.74, 6) is 0.260. The molecule has 1 aromatic rings. The van der Waals surface area contributed by atoms with Crippen LogP contribution in [0.5, 0.6) is 0 Å². The normalized spacial score (nSPS) is 22.0. The molecule has 0 bridgehead atoms. The first-order valence-electron chi connectivity index (χ1n) is 9.76. The lowest BCUT2D eigenvalue weighted by atomic mass is 9.96. The van der Waals surface area contributed by atoms with Gasteiger partial charge in [0.05, 0.1) is 29.8 Å². The molecule has 2 aliphatic heterocycles. The number of carbonyl (C=O) groups is 1. The summed E-state index contributed by atoms with van der Waals surface area (Å²) in [6.45, 7) is 8.27. The standard InChI is InChI=1S/C20H30N2O4S/c1-16-5-6-17(2)19(14-16)27(24,25)13-10-21-7-3-4-18(15-21)20(23)22-8-11-26-12-9-22/h5-6,14,18H,3-4,7-13,15H2,1-2H3. The van der Waals surface area contributed by atoms with Gasteiger partial charge in [-0.15, -0.1) is 0 Å². The third-order valence-corrected chi connectivity index (χ3v) is 7.36. The number of hydrogen-bond acceptors (Lipinski definition) is 5. The molecule has 0 saturated carbocycles. The quantitative estimate of drug-likeness (QED) is 0.760. The second kappa shape index (κ2) is 8.71. The number of aryl methyl sites for hydroxylation is 2. The highest BCUT2D eigenvalue weighted by Gasteiger charge is 2.30. The molecule has 0 N–H and O–H groups in total. The highest BCUT2D eigenvalue weighted by molar-refractivity contribution is 7.91. The van der Waals surface area contributed by atoms with Crippen molar-refractivity contribution >= 4 is 15.7 Å². The average molecular weight is 395 g/mol.